The van der Waals surface area contributed by atoms with E-state index in [2.05, 4.69) is 10.1 Å². The molecule has 0 saturated heterocycles. The minimum absolute atomic E-state index is 0.0823. The van der Waals surface area contributed by atoms with Crippen LogP contribution in [0, 0.1) is 0 Å². The van der Waals surface area contributed by atoms with Crippen LogP contribution in [-0.4, -0.2) is 37.1 Å². The van der Waals surface area contributed by atoms with Crippen LogP contribution in [0.1, 0.15) is 0 Å². The Morgan fingerprint density at radius 1 is 1.60 bits per heavy atom. The Bertz CT molecular complexity index is 675. The Balaban J connectivity index is 2.14. The second kappa shape index (κ2) is 6.10. The van der Waals surface area contributed by atoms with Crippen LogP contribution in [0.3, 0.4) is 0 Å². The molecular formula is C10H10FN5O3S. The van der Waals surface area contributed by atoms with Crippen molar-refractivity contribution in [2.75, 3.05) is 6.54 Å². The number of amides is 1. The standard InChI is InChI=1S/C10H10FN5O3S/c11-3-7(4-13-9(17)18)5-16-10(19)15(6-14-16)8-12-1-2-20-8/h1-3,6,13H,4-5H2,(H,17,18). The van der Waals surface area contributed by atoms with E-state index < -0.39 is 11.8 Å². The summed E-state index contributed by atoms with van der Waals surface area (Å²) in [6.45, 7) is -0.365. The van der Waals surface area contributed by atoms with Crippen molar-refractivity contribution >= 4 is 17.4 Å². The molecule has 0 aliphatic carbocycles. The summed E-state index contributed by atoms with van der Waals surface area (Å²) in [6, 6.07) is 0. The Kier molecular flexibility index (Phi) is 4.25. The van der Waals surface area contributed by atoms with Crippen molar-refractivity contribution in [3.63, 3.8) is 0 Å². The molecule has 0 aliphatic rings. The highest BCUT2D eigenvalue weighted by atomic mass is 32.1. The van der Waals surface area contributed by atoms with Crippen LogP contribution in [0.4, 0.5) is 9.18 Å². The first-order chi connectivity index (χ1) is 9.61. The first-order valence-electron chi connectivity index (χ1n) is 5.41. The normalized spacial score (nSPS) is 11.6. The number of carboxylic acid groups (broad SMARTS) is 1. The van der Waals surface area contributed by atoms with E-state index in [-0.39, 0.29) is 25.0 Å². The lowest BCUT2D eigenvalue weighted by Crippen LogP contribution is -2.29. The van der Waals surface area contributed by atoms with Gasteiger partial charge in [0.1, 0.15) is 6.33 Å². The molecular weight excluding hydrogens is 289 g/mol. The summed E-state index contributed by atoms with van der Waals surface area (Å²) in [5, 5.41) is 16.5. The zero-order valence-electron chi connectivity index (χ0n) is 10.1. The van der Waals surface area contributed by atoms with Crippen molar-refractivity contribution in [2.24, 2.45) is 0 Å². The molecule has 0 saturated carbocycles. The second-order valence-corrected chi connectivity index (χ2v) is 4.55. The van der Waals surface area contributed by atoms with Crippen LogP contribution in [-0.2, 0) is 6.54 Å². The SMILES string of the molecule is O=C(O)NCC(=CF)Cn1ncn(-c2nccs2)c1=O. The van der Waals surface area contributed by atoms with E-state index in [1.165, 1.54) is 22.2 Å². The molecule has 2 rings (SSSR count). The lowest BCUT2D eigenvalue weighted by Gasteiger charge is -2.04. The lowest BCUT2D eigenvalue weighted by atomic mass is 10.3. The molecule has 2 heterocycles. The average molecular weight is 299 g/mol. The van der Waals surface area contributed by atoms with Crippen LogP contribution in [0.5, 0.6) is 0 Å². The maximum absolute atomic E-state index is 12.7. The highest BCUT2D eigenvalue weighted by Gasteiger charge is 2.10. The Labute approximate surface area is 115 Å². The quantitative estimate of drug-likeness (QED) is 0.842. The fourth-order valence-electron chi connectivity index (χ4n) is 1.42. The van der Waals surface area contributed by atoms with Crippen molar-refractivity contribution in [3.05, 3.63) is 40.3 Å². The number of halogens is 1. The topological polar surface area (TPSA) is 102 Å². The molecule has 0 aliphatic heterocycles. The lowest BCUT2D eigenvalue weighted by molar-refractivity contribution is 0.195. The number of nitrogens with zero attached hydrogens (tertiary/aromatic N) is 4. The van der Waals surface area contributed by atoms with Crippen LogP contribution < -0.4 is 11.0 Å². The Morgan fingerprint density at radius 2 is 2.40 bits per heavy atom. The summed E-state index contributed by atoms with van der Waals surface area (Å²) >= 11 is 1.26. The number of hydrogen-bond donors (Lipinski definition) is 2. The van der Waals surface area contributed by atoms with Gasteiger partial charge in [0.05, 0.1) is 12.9 Å². The number of thiazole rings is 1. The van der Waals surface area contributed by atoms with Gasteiger partial charge in [0.15, 0.2) is 5.13 Å². The average Bonchev–Trinajstić information content (AvgIpc) is 3.04. The third kappa shape index (κ3) is 3.09. The molecule has 1 amide bonds. The Morgan fingerprint density at radius 3 is 3.00 bits per heavy atom. The zero-order chi connectivity index (χ0) is 14.5. The van der Waals surface area contributed by atoms with Gasteiger partial charge in [0.25, 0.3) is 0 Å². The summed E-state index contributed by atoms with van der Waals surface area (Å²) < 4.78 is 14.9. The first kappa shape index (κ1) is 13.9. The molecule has 0 bridgehead atoms. The molecule has 10 heteroatoms. The number of aromatic nitrogens is 4. The summed E-state index contributed by atoms with van der Waals surface area (Å²) in [5.74, 6) is 0. The molecule has 0 radical (unpaired) electrons. The van der Waals surface area contributed by atoms with Crippen LogP contribution in [0.15, 0.2) is 34.6 Å². The minimum atomic E-state index is -1.27. The van der Waals surface area contributed by atoms with E-state index in [0.29, 0.717) is 5.13 Å². The smallest absolute Gasteiger partial charge is 0.404 e. The van der Waals surface area contributed by atoms with Gasteiger partial charge in [-0.25, -0.2) is 28.2 Å². The van der Waals surface area contributed by atoms with Crippen LogP contribution in [0.2, 0.25) is 0 Å². The highest BCUT2D eigenvalue weighted by Crippen LogP contribution is 2.07. The molecule has 20 heavy (non-hydrogen) atoms. The molecule has 8 nitrogen and oxygen atoms in total. The molecule has 0 aromatic carbocycles. The van der Waals surface area contributed by atoms with Gasteiger partial charge in [0, 0.05) is 18.1 Å². The van der Waals surface area contributed by atoms with Crippen LogP contribution >= 0.6 is 11.3 Å². The predicted molar refractivity (Wildman–Crippen MR) is 68.7 cm³/mol. The van der Waals surface area contributed by atoms with Gasteiger partial charge < -0.3 is 10.4 Å². The van der Waals surface area contributed by atoms with Crippen molar-refractivity contribution < 1.29 is 14.3 Å². The third-order valence-electron chi connectivity index (χ3n) is 2.33. The Hall–Kier alpha value is -2.49. The number of nitrogens with one attached hydrogen (secondary N) is 1. The van der Waals surface area contributed by atoms with E-state index in [0.717, 1.165) is 4.68 Å². The fourth-order valence-corrected chi connectivity index (χ4v) is 2.03. The molecule has 0 fully saturated rings. The number of carbonyl (C=O) groups is 1. The maximum Gasteiger partial charge on any atom is 0.404 e. The van der Waals surface area contributed by atoms with Gasteiger partial charge in [-0.2, -0.15) is 5.10 Å². The predicted octanol–water partition coefficient (Wildman–Crippen LogP) is 0.611. The van der Waals surface area contributed by atoms with Crippen molar-refractivity contribution in [1.29, 1.82) is 0 Å². The summed E-state index contributed by atoms with van der Waals surface area (Å²) in [6.07, 6.45) is 1.81. The van der Waals surface area contributed by atoms with E-state index in [4.69, 9.17) is 5.11 Å². The molecule has 0 spiro atoms. The first-order valence-corrected chi connectivity index (χ1v) is 6.29. The maximum atomic E-state index is 12.7. The van der Waals surface area contributed by atoms with E-state index in [1.807, 2.05) is 5.32 Å². The monoisotopic (exact) mass is 299 g/mol. The fraction of sp³-hybridized carbons (Fsp3) is 0.200. The van der Waals surface area contributed by atoms with E-state index in [9.17, 15) is 14.0 Å². The molecule has 2 aromatic heterocycles. The van der Waals surface area contributed by atoms with Crippen LogP contribution in [0.25, 0.3) is 5.13 Å². The highest BCUT2D eigenvalue weighted by molar-refractivity contribution is 7.12. The van der Waals surface area contributed by atoms with E-state index in [1.54, 1.807) is 11.6 Å². The van der Waals surface area contributed by atoms with Crippen molar-refractivity contribution in [3.8, 4) is 5.13 Å². The molecule has 106 valence electrons. The zero-order valence-corrected chi connectivity index (χ0v) is 10.9. The largest absolute Gasteiger partial charge is 0.465 e. The second-order valence-electron chi connectivity index (χ2n) is 3.68. The van der Waals surface area contributed by atoms with Gasteiger partial charge in [-0.3, -0.25) is 0 Å². The van der Waals surface area contributed by atoms with Gasteiger partial charge in [-0.1, -0.05) is 0 Å². The summed E-state index contributed by atoms with van der Waals surface area (Å²) in [4.78, 5) is 26.3. The molecule has 0 atom stereocenters. The molecule has 2 aromatic rings. The number of hydrogen-bond acceptors (Lipinski definition) is 5. The van der Waals surface area contributed by atoms with Gasteiger partial charge >= 0.3 is 11.8 Å². The van der Waals surface area contributed by atoms with Crippen molar-refractivity contribution in [1.82, 2.24) is 24.6 Å². The van der Waals surface area contributed by atoms with Gasteiger partial charge in [-0.15, -0.1) is 11.3 Å². The van der Waals surface area contributed by atoms with Gasteiger partial charge in [0.2, 0.25) is 0 Å². The summed E-state index contributed by atoms with van der Waals surface area (Å²) in [7, 11) is 0. The minimum Gasteiger partial charge on any atom is -0.465 e. The van der Waals surface area contributed by atoms with Gasteiger partial charge in [-0.05, 0) is 5.57 Å². The third-order valence-corrected chi connectivity index (χ3v) is 3.10. The van der Waals surface area contributed by atoms with E-state index >= 15 is 0 Å². The van der Waals surface area contributed by atoms with Crippen molar-refractivity contribution in [2.45, 2.75) is 6.54 Å². The summed E-state index contributed by atoms with van der Waals surface area (Å²) in [5.41, 5.74) is -0.395. The molecule has 2 N–H and O–H groups in total. The molecule has 0 unspecified atom stereocenters. The number of rotatable bonds is 5.